The lowest BCUT2D eigenvalue weighted by atomic mass is 10.1. The van der Waals surface area contributed by atoms with E-state index >= 15 is 0 Å². The molecule has 202 valence electrons. The van der Waals surface area contributed by atoms with Crippen molar-refractivity contribution in [2.45, 2.75) is 77.8 Å². The van der Waals surface area contributed by atoms with Crippen LogP contribution in [-0.2, 0) is 27.3 Å². The fraction of sp³-hybridized carbons (Fsp3) is 0.643. The van der Waals surface area contributed by atoms with Crippen molar-refractivity contribution in [1.29, 1.82) is 0 Å². The van der Waals surface area contributed by atoms with E-state index in [0.717, 1.165) is 63.2 Å². The highest BCUT2D eigenvalue weighted by molar-refractivity contribution is 5.92. The first-order valence-electron chi connectivity index (χ1n) is 13.7. The van der Waals surface area contributed by atoms with E-state index in [9.17, 15) is 9.59 Å². The summed E-state index contributed by atoms with van der Waals surface area (Å²) in [4.78, 5) is 32.5. The molecule has 0 aliphatic carbocycles. The zero-order valence-electron chi connectivity index (χ0n) is 22.5. The number of hydrogen-bond donors (Lipinski definition) is 0. The van der Waals surface area contributed by atoms with E-state index in [4.69, 9.17) is 9.15 Å². The van der Waals surface area contributed by atoms with Crippen molar-refractivity contribution < 1.29 is 18.7 Å². The number of benzene rings is 1. The van der Waals surface area contributed by atoms with Crippen molar-refractivity contribution in [3.8, 4) is 0 Å². The summed E-state index contributed by atoms with van der Waals surface area (Å²) in [6.45, 7) is 10.9. The molecule has 1 aromatic heterocycles. The van der Waals surface area contributed by atoms with Gasteiger partial charge in [-0.2, -0.15) is 0 Å². The minimum absolute atomic E-state index is 0.0253. The standard InChI is InChI=1S/C28H41N5O4/c1-21(2)28-30-29-26(37-28)10-11-27(35)32-16-6-14-31(24-12-18-36-19-13-24)15-7-17-33(22(3)34)25-9-5-4-8-23(25)20-32/h4-5,8-9,21,24H,6-7,10-20H2,1-3H3. The van der Waals surface area contributed by atoms with E-state index in [1.807, 2.05) is 47.9 Å². The third kappa shape index (κ3) is 7.38. The Labute approximate surface area is 220 Å². The Morgan fingerprint density at radius 2 is 1.76 bits per heavy atom. The highest BCUT2D eigenvalue weighted by Crippen LogP contribution is 2.25. The molecule has 1 saturated heterocycles. The van der Waals surface area contributed by atoms with Crippen LogP contribution in [0.15, 0.2) is 28.7 Å². The monoisotopic (exact) mass is 511 g/mol. The molecule has 4 rings (SSSR count). The Balaban J connectivity index is 1.52. The van der Waals surface area contributed by atoms with Gasteiger partial charge in [0, 0.05) is 83.4 Å². The number of aryl methyl sites for hydroxylation is 1. The fourth-order valence-corrected chi connectivity index (χ4v) is 5.25. The van der Waals surface area contributed by atoms with Crippen LogP contribution in [0.1, 0.15) is 76.1 Å². The molecule has 37 heavy (non-hydrogen) atoms. The van der Waals surface area contributed by atoms with Gasteiger partial charge >= 0.3 is 0 Å². The summed E-state index contributed by atoms with van der Waals surface area (Å²) in [5.74, 6) is 1.34. The number of para-hydroxylation sites is 1. The highest BCUT2D eigenvalue weighted by atomic mass is 16.5. The summed E-state index contributed by atoms with van der Waals surface area (Å²) in [6, 6.07) is 8.45. The van der Waals surface area contributed by atoms with Crippen molar-refractivity contribution in [1.82, 2.24) is 20.0 Å². The normalized spacial score (nSPS) is 18.8. The molecule has 2 aliphatic heterocycles. The second-order valence-electron chi connectivity index (χ2n) is 10.4. The van der Waals surface area contributed by atoms with Gasteiger partial charge in [0.15, 0.2) is 0 Å². The van der Waals surface area contributed by atoms with Crippen LogP contribution in [0, 0.1) is 0 Å². The third-order valence-corrected chi connectivity index (χ3v) is 7.31. The third-order valence-electron chi connectivity index (χ3n) is 7.31. The Bertz CT molecular complexity index is 1030. The zero-order chi connectivity index (χ0) is 26.2. The second-order valence-corrected chi connectivity index (χ2v) is 10.4. The summed E-state index contributed by atoms with van der Waals surface area (Å²) >= 11 is 0. The SMILES string of the molecule is CC(=O)N1CCCN(C2CCOCC2)CCCN(C(=O)CCc2nnc(C(C)C)o2)Cc2ccccc21. The van der Waals surface area contributed by atoms with Crippen LogP contribution in [0.5, 0.6) is 0 Å². The number of anilines is 1. The van der Waals surface area contributed by atoms with Crippen LogP contribution in [0.3, 0.4) is 0 Å². The summed E-state index contributed by atoms with van der Waals surface area (Å²) in [7, 11) is 0. The van der Waals surface area contributed by atoms with Gasteiger partial charge in [0.05, 0.1) is 0 Å². The maximum atomic E-state index is 13.5. The molecule has 3 heterocycles. The van der Waals surface area contributed by atoms with Gasteiger partial charge in [-0.3, -0.25) is 9.59 Å². The van der Waals surface area contributed by atoms with Crippen LogP contribution in [0.25, 0.3) is 0 Å². The van der Waals surface area contributed by atoms with Crippen LogP contribution in [-0.4, -0.2) is 77.2 Å². The van der Waals surface area contributed by atoms with Gasteiger partial charge < -0.3 is 23.9 Å². The molecule has 0 bridgehead atoms. The first kappa shape index (κ1) is 27.3. The van der Waals surface area contributed by atoms with Crippen molar-refractivity contribution in [3.63, 3.8) is 0 Å². The number of hydrogen-bond acceptors (Lipinski definition) is 7. The molecule has 2 aromatic rings. The molecule has 1 aromatic carbocycles. The Hall–Kier alpha value is -2.78. The summed E-state index contributed by atoms with van der Waals surface area (Å²) in [6.07, 6.45) is 4.61. The Kier molecular flexibility index (Phi) is 9.68. The van der Waals surface area contributed by atoms with Crippen LogP contribution >= 0.6 is 0 Å². The number of nitrogens with zero attached hydrogens (tertiary/aromatic N) is 5. The van der Waals surface area contributed by atoms with Crippen LogP contribution in [0.4, 0.5) is 5.69 Å². The van der Waals surface area contributed by atoms with E-state index in [0.29, 0.717) is 50.3 Å². The van der Waals surface area contributed by atoms with Crippen LogP contribution in [0.2, 0.25) is 0 Å². The number of ether oxygens (including phenoxy) is 1. The zero-order valence-corrected chi connectivity index (χ0v) is 22.5. The minimum Gasteiger partial charge on any atom is -0.425 e. The number of amides is 2. The first-order chi connectivity index (χ1) is 17.9. The molecular weight excluding hydrogens is 470 g/mol. The maximum Gasteiger partial charge on any atom is 0.223 e. The number of aromatic nitrogens is 2. The van der Waals surface area contributed by atoms with Crippen molar-refractivity contribution in [2.75, 3.05) is 44.3 Å². The van der Waals surface area contributed by atoms with Crippen molar-refractivity contribution in [3.05, 3.63) is 41.6 Å². The molecule has 0 radical (unpaired) electrons. The average Bonchev–Trinajstić information content (AvgIpc) is 3.37. The predicted octanol–water partition coefficient (Wildman–Crippen LogP) is 3.78. The smallest absolute Gasteiger partial charge is 0.223 e. The Morgan fingerprint density at radius 1 is 1.03 bits per heavy atom. The van der Waals surface area contributed by atoms with Crippen molar-refractivity contribution in [2.24, 2.45) is 0 Å². The molecule has 1 fully saturated rings. The topological polar surface area (TPSA) is 92.0 Å². The van der Waals surface area contributed by atoms with Gasteiger partial charge in [-0.25, -0.2) is 0 Å². The molecule has 0 unspecified atom stereocenters. The first-order valence-corrected chi connectivity index (χ1v) is 13.7. The number of rotatable bonds is 5. The largest absolute Gasteiger partial charge is 0.425 e. The van der Waals surface area contributed by atoms with Gasteiger partial charge in [-0.15, -0.1) is 10.2 Å². The molecule has 0 spiro atoms. The average molecular weight is 512 g/mol. The highest BCUT2D eigenvalue weighted by Gasteiger charge is 2.25. The van der Waals surface area contributed by atoms with E-state index in [1.165, 1.54) is 0 Å². The molecule has 9 nitrogen and oxygen atoms in total. The van der Waals surface area contributed by atoms with Gasteiger partial charge in [-0.1, -0.05) is 32.0 Å². The summed E-state index contributed by atoms with van der Waals surface area (Å²) in [5.41, 5.74) is 1.89. The lowest BCUT2D eigenvalue weighted by Crippen LogP contribution is -2.43. The minimum atomic E-state index is 0.0253. The fourth-order valence-electron chi connectivity index (χ4n) is 5.25. The molecule has 0 atom stereocenters. The molecular formula is C28H41N5O4. The molecule has 0 saturated carbocycles. The lowest BCUT2D eigenvalue weighted by molar-refractivity contribution is -0.132. The summed E-state index contributed by atoms with van der Waals surface area (Å²) in [5, 5.41) is 8.21. The molecule has 2 aliphatic rings. The maximum absolute atomic E-state index is 13.5. The van der Waals surface area contributed by atoms with Gasteiger partial charge in [0.25, 0.3) is 0 Å². The van der Waals surface area contributed by atoms with E-state index in [2.05, 4.69) is 15.1 Å². The summed E-state index contributed by atoms with van der Waals surface area (Å²) < 4.78 is 11.3. The molecule has 0 N–H and O–H groups in total. The van der Waals surface area contributed by atoms with E-state index < -0.39 is 0 Å². The molecule has 2 amide bonds. The number of carbonyl (C=O) groups is 2. The number of fused-ring (bicyclic) bond motifs is 1. The Morgan fingerprint density at radius 3 is 2.46 bits per heavy atom. The van der Waals surface area contributed by atoms with Crippen LogP contribution < -0.4 is 4.90 Å². The number of carbonyl (C=O) groups excluding carboxylic acids is 2. The molecule has 9 heteroatoms. The predicted molar refractivity (Wildman–Crippen MR) is 141 cm³/mol. The van der Waals surface area contributed by atoms with Gasteiger partial charge in [0.1, 0.15) is 0 Å². The van der Waals surface area contributed by atoms with E-state index in [-0.39, 0.29) is 17.7 Å². The van der Waals surface area contributed by atoms with E-state index in [1.54, 1.807) is 6.92 Å². The van der Waals surface area contributed by atoms with Gasteiger partial charge in [0.2, 0.25) is 23.6 Å². The second kappa shape index (κ2) is 13.1. The lowest BCUT2D eigenvalue weighted by Gasteiger charge is -2.36. The quantitative estimate of drug-likeness (QED) is 0.603. The van der Waals surface area contributed by atoms with Crippen molar-refractivity contribution >= 4 is 17.5 Å². The van der Waals surface area contributed by atoms with Gasteiger partial charge in [-0.05, 0) is 37.3 Å².